The van der Waals surface area contributed by atoms with Gasteiger partial charge in [0, 0.05) is 14.5 Å². The molecule has 0 bridgehead atoms. The molecule has 106 valence electrons. The van der Waals surface area contributed by atoms with E-state index in [1.54, 1.807) is 6.07 Å². The summed E-state index contributed by atoms with van der Waals surface area (Å²) in [4.78, 5) is -0.471. The van der Waals surface area contributed by atoms with Crippen LogP contribution in [0.25, 0.3) is 0 Å². The highest BCUT2D eigenvalue weighted by Crippen LogP contribution is 2.66. The summed E-state index contributed by atoms with van der Waals surface area (Å²) in [5.74, 6) is 0. The lowest BCUT2D eigenvalue weighted by Crippen LogP contribution is -2.22. The molecule has 0 atom stereocenters. The van der Waals surface area contributed by atoms with Gasteiger partial charge in [-0.15, -0.1) is 0 Å². The fraction of sp³-hybridized carbons (Fsp3) is 0.375. The van der Waals surface area contributed by atoms with E-state index in [2.05, 4.69) is 95.6 Å². The molecule has 0 aromatic heterocycles. The number of halogens is 9. The van der Waals surface area contributed by atoms with Gasteiger partial charge in [-0.1, -0.05) is 95.6 Å². The van der Waals surface area contributed by atoms with Gasteiger partial charge < -0.3 is 0 Å². The monoisotopic (exact) mass is 672 g/mol. The van der Waals surface area contributed by atoms with Gasteiger partial charge in [-0.25, -0.2) is 0 Å². The van der Waals surface area contributed by atoms with Gasteiger partial charge in [0.15, 0.2) is 0 Å². The molecule has 0 N–H and O–H groups in total. The maximum Gasteiger partial charge on any atom is 0.447 e. The van der Waals surface area contributed by atoms with Gasteiger partial charge in [0.05, 0.1) is 4.91 Å². The quantitative estimate of drug-likeness (QED) is 0.220. The molecular formula is C8Br6F3NS. The minimum atomic E-state index is -4.55. The Morgan fingerprint density at radius 1 is 1.05 bits per heavy atom. The van der Waals surface area contributed by atoms with Crippen molar-refractivity contribution in [2.24, 2.45) is 0 Å². The Morgan fingerprint density at radius 3 is 1.68 bits per heavy atom. The molecular weight excluding hydrogens is 679 g/mol. The van der Waals surface area contributed by atoms with E-state index >= 15 is 0 Å². The molecule has 0 aromatic rings. The van der Waals surface area contributed by atoms with Gasteiger partial charge >= 0.3 is 5.51 Å². The number of nitriles is 1. The Labute approximate surface area is 161 Å². The summed E-state index contributed by atoms with van der Waals surface area (Å²) in [5.41, 5.74) is -4.41. The lowest BCUT2D eigenvalue weighted by atomic mass is 10.2. The highest BCUT2D eigenvalue weighted by Gasteiger charge is 2.55. The molecule has 0 amide bonds. The number of hydrogen-bond acceptors (Lipinski definition) is 2. The van der Waals surface area contributed by atoms with Gasteiger partial charge in [0.2, 0.25) is 0 Å². The van der Waals surface area contributed by atoms with E-state index in [0.717, 1.165) is 0 Å². The minimum absolute atomic E-state index is 0.142. The lowest BCUT2D eigenvalue weighted by Gasteiger charge is -2.25. The molecule has 19 heavy (non-hydrogen) atoms. The number of alkyl halides is 7. The number of thioether (sulfide) groups is 1. The van der Waals surface area contributed by atoms with Gasteiger partial charge in [0.1, 0.15) is 12.5 Å². The van der Waals surface area contributed by atoms with Crippen LogP contribution in [0.2, 0.25) is 0 Å². The maximum absolute atomic E-state index is 12.5. The Kier molecular flexibility index (Phi) is 6.25. The highest BCUT2D eigenvalue weighted by atomic mass is 79.9. The lowest BCUT2D eigenvalue weighted by molar-refractivity contribution is -0.0321. The van der Waals surface area contributed by atoms with Crippen LogP contribution in [0.5, 0.6) is 0 Å². The molecule has 0 radical (unpaired) electrons. The van der Waals surface area contributed by atoms with Gasteiger partial charge in [-0.05, 0) is 11.8 Å². The van der Waals surface area contributed by atoms with Crippen LogP contribution in [-0.4, -0.2) is 12.0 Å². The second-order valence-corrected chi connectivity index (χ2v) is 12.7. The Morgan fingerprint density at radius 2 is 1.42 bits per heavy atom. The summed E-state index contributed by atoms with van der Waals surface area (Å²) in [5, 5.41) is 9.03. The molecule has 0 saturated heterocycles. The van der Waals surface area contributed by atoms with Crippen molar-refractivity contribution in [3.05, 3.63) is 19.4 Å². The summed E-state index contributed by atoms with van der Waals surface area (Å²) in [6, 6.07) is 1.59. The van der Waals surface area contributed by atoms with Gasteiger partial charge in [-0.3, -0.25) is 0 Å². The average molecular weight is 679 g/mol. The van der Waals surface area contributed by atoms with E-state index in [0.29, 0.717) is 8.96 Å². The zero-order chi connectivity index (χ0) is 15.2. The maximum atomic E-state index is 12.5. The molecule has 0 fully saturated rings. The molecule has 1 nitrogen and oxygen atoms in total. The largest absolute Gasteiger partial charge is 0.447 e. The first-order chi connectivity index (χ1) is 8.35. The van der Waals surface area contributed by atoms with Crippen LogP contribution in [0.3, 0.4) is 0 Å². The van der Waals surface area contributed by atoms with E-state index in [1.807, 2.05) is 0 Å². The van der Waals surface area contributed by atoms with Crippen LogP contribution < -0.4 is 0 Å². The van der Waals surface area contributed by atoms with Crippen LogP contribution in [0.15, 0.2) is 19.4 Å². The van der Waals surface area contributed by atoms with Crippen LogP contribution in [0.1, 0.15) is 0 Å². The highest BCUT2D eigenvalue weighted by molar-refractivity contribution is 9.28. The van der Waals surface area contributed by atoms with Crippen LogP contribution in [0.4, 0.5) is 13.2 Å². The zero-order valence-electron chi connectivity index (χ0n) is 8.26. The molecule has 0 heterocycles. The van der Waals surface area contributed by atoms with Crippen molar-refractivity contribution >= 4 is 107 Å². The summed E-state index contributed by atoms with van der Waals surface area (Å²) in [6.45, 7) is 0. The van der Waals surface area contributed by atoms with Crippen molar-refractivity contribution in [1.29, 1.82) is 5.26 Å². The molecule has 0 aliphatic heterocycles. The zero-order valence-corrected chi connectivity index (χ0v) is 18.6. The first kappa shape index (κ1) is 19.0. The molecule has 0 spiro atoms. The number of hydrogen-bond donors (Lipinski definition) is 0. The van der Waals surface area contributed by atoms with Crippen molar-refractivity contribution in [1.82, 2.24) is 0 Å². The van der Waals surface area contributed by atoms with E-state index in [1.165, 1.54) is 0 Å². The minimum Gasteiger partial charge on any atom is -0.192 e. The molecule has 0 saturated carbocycles. The first-order valence-electron chi connectivity index (χ1n) is 4.08. The number of rotatable bonds is 1. The Bertz CT molecular complexity index is 490. The topological polar surface area (TPSA) is 23.8 Å². The molecule has 0 unspecified atom stereocenters. The Balaban J connectivity index is 3.52. The van der Waals surface area contributed by atoms with Gasteiger partial charge in [-0.2, -0.15) is 18.4 Å². The third-order valence-corrected chi connectivity index (χ3v) is 10.5. The third-order valence-electron chi connectivity index (χ3n) is 1.92. The SMILES string of the molecule is N#CC(SC(F)(F)F)=C1C(Br)(Br)C(Br)=C(Br)C1(Br)Br. The summed E-state index contributed by atoms with van der Waals surface area (Å²) in [6.07, 6.45) is 0. The van der Waals surface area contributed by atoms with E-state index < -0.39 is 28.6 Å². The van der Waals surface area contributed by atoms with Crippen LogP contribution in [0, 0.1) is 11.3 Å². The standard InChI is InChI=1S/C8Br6F3NS/c9-4-5(10)7(13,14)3(6(4,11)12)2(1-18)19-8(15,16)17. The van der Waals surface area contributed by atoms with Crippen molar-refractivity contribution in [2.45, 2.75) is 12.0 Å². The summed E-state index contributed by atoms with van der Waals surface area (Å²) in [7, 11) is 0. The smallest absolute Gasteiger partial charge is 0.192 e. The normalized spacial score (nSPS) is 21.6. The van der Waals surface area contributed by atoms with Gasteiger partial charge in [0.25, 0.3) is 0 Å². The molecule has 11 heteroatoms. The average Bonchev–Trinajstić information content (AvgIpc) is 2.33. The predicted octanol–water partition coefficient (Wildman–Crippen LogP) is 7.00. The van der Waals surface area contributed by atoms with Crippen LogP contribution >= 0.6 is 107 Å². The fourth-order valence-electron chi connectivity index (χ4n) is 1.22. The van der Waals surface area contributed by atoms with Crippen LogP contribution in [-0.2, 0) is 0 Å². The molecule has 1 aliphatic carbocycles. The number of nitrogens with zero attached hydrogens (tertiary/aromatic N) is 1. The van der Waals surface area contributed by atoms with E-state index in [4.69, 9.17) is 5.26 Å². The summed E-state index contributed by atoms with van der Waals surface area (Å²) >= 11 is 19.2. The second kappa shape index (κ2) is 6.24. The molecule has 1 rings (SSSR count). The van der Waals surface area contributed by atoms with Crippen molar-refractivity contribution in [3.8, 4) is 6.07 Å². The van der Waals surface area contributed by atoms with E-state index in [-0.39, 0.29) is 5.57 Å². The second-order valence-electron chi connectivity index (χ2n) is 3.14. The summed E-state index contributed by atoms with van der Waals surface area (Å²) < 4.78 is 36.4. The fourth-order valence-corrected chi connectivity index (χ4v) is 8.33. The molecule has 0 aromatic carbocycles. The third kappa shape index (κ3) is 3.85. The van der Waals surface area contributed by atoms with E-state index in [9.17, 15) is 13.2 Å². The Hall–Kier alpha value is 1.99. The molecule has 1 aliphatic rings. The van der Waals surface area contributed by atoms with Crippen molar-refractivity contribution in [2.75, 3.05) is 0 Å². The first-order valence-corrected chi connectivity index (χ1v) is 9.66. The predicted molar refractivity (Wildman–Crippen MR) is 92.3 cm³/mol. The number of allylic oxidation sites excluding steroid dienone is 4. The van der Waals surface area contributed by atoms with Crippen molar-refractivity contribution < 1.29 is 13.2 Å². The van der Waals surface area contributed by atoms with Crippen molar-refractivity contribution in [3.63, 3.8) is 0 Å².